The quantitative estimate of drug-likeness (QED) is 0.783. The largest absolute Gasteiger partial charge is 0.398 e. The minimum Gasteiger partial charge on any atom is -0.398 e. The van der Waals surface area contributed by atoms with Gasteiger partial charge in [-0.2, -0.15) is 0 Å². The third-order valence-electron chi connectivity index (χ3n) is 4.32. The van der Waals surface area contributed by atoms with E-state index in [1.165, 1.54) is 56.7 Å². The number of fused-ring (bicyclic) bond motifs is 1. The van der Waals surface area contributed by atoms with Gasteiger partial charge in [-0.1, -0.05) is 6.07 Å². The number of hydrogen-bond donors (Lipinski definition) is 2. The Bertz CT molecular complexity index is 410. The van der Waals surface area contributed by atoms with Crippen molar-refractivity contribution in [3.63, 3.8) is 0 Å². The predicted octanol–water partition coefficient (Wildman–Crippen LogP) is 2.02. The molecule has 3 N–H and O–H groups in total. The second-order valence-corrected chi connectivity index (χ2v) is 5.59. The lowest BCUT2D eigenvalue weighted by atomic mass is 9.94. The maximum Gasteiger partial charge on any atom is 0.0419 e. The summed E-state index contributed by atoms with van der Waals surface area (Å²) in [6, 6.07) is 6.37. The smallest absolute Gasteiger partial charge is 0.0419 e. The molecule has 3 rings (SSSR count). The van der Waals surface area contributed by atoms with Gasteiger partial charge < -0.3 is 16.0 Å². The van der Waals surface area contributed by atoms with Gasteiger partial charge in [-0.3, -0.25) is 0 Å². The molecule has 0 radical (unpaired) electrons. The fraction of sp³-hybridized carbons (Fsp3) is 0.600. The summed E-state index contributed by atoms with van der Waals surface area (Å²) in [7, 11) is 0. The molecular formula is C15H23N3. The molecule has 0 atom stereocenters. The van der Waals surface area contributed by atoms with E-state index in [0.29, 0.717) is 0 Å². The molecule has 3 heteroatoms. The first-order valence-electron chi connectivity index (χ1n) is 7.17. The van der Waals surface area contributed by atoms with Gasteiger partial charge >= 0.3 is 0 Å². The summed E-state index contributed by atoms with van der Waals surface area (Å²) in [6.45, 7) is 4.77. The van der Waals surface area contributed by atoms with E-state index < -0.39 is 0 Å². The average molecular weight is 245 g/mol. The van der Waals surface area contributed by atoms with Gasteiger partial charge in [0.1, 0.15) is 0 Å². The van der Waals surface area contributed by atoms with Crippen molar-refractivity contribution in [3.05, 3.63) is 23.8 Å². The molecule has 0 unspecified atom stereocenters. The van der Waals surface area contributed by atoms with Crippen molar-refractivity contribution in [2.75, 3.05) is 36.8 Å². The molecule has 0 bridgehead atoms. The van der Waals surface area contributed by atoms with E-state index in [9.17, 15) is 0 Å². The lowest BCUT2D eigenvalue weighted by Crippen LogP contribution is -2.38. The van der Waals surface area contributed by atoms with Crippen molar-refractivity contribution >= 4 is 11.4 Å². The molecule has 1 aromatic carbocycles. The Kier molecular flexibility index (Phi) is 3.41. The molecule has 2 aliphatic rings. The highest BCUT2D eigenvalue weighted by atomic mass is 15.1. The van der Waals surface area contributed by atoms with Crippen LogP contribution in [-0.4, -0.2) is 26.2 Å². The van der Waals surface area contributed by atoms with Crippen molar-refractivity contribution in [3.8, 4) is 0 Å². The lowest BCUT2D eigenvalue weighted by molar-refractivity contribution is 0.371. The normalized spacial score (nSPS) is 20.8. The van der Waals surface area contributed by atoms with Crippen LogP contribution in [-0.2, 0) is 6.42 Å². The molecule has 0 aliphatic carbocycles. The van der Waals surface area contributed by atoms with Gasteiger partial charge in [-0.25, -0.2) is 0 Å². The van der Waals surface area contributed by atoms with Gasteiger partial charge in [0.15, 0.2) is 0 Å². The van der Waals surface area contributed by atoms with Crippen LogP contribution in [0.5, 0.6) is 0 Å². The zero-order valence-corrected chi connectivity index (χ0v) is 11.0. The Morgan fingerprint density at radius 2 is 2.11 bits per heavy atom. The van der Waals surface area contributed by atoms with Gasteiger partial charge in [-0.15, -0.1) is 0 Å². The van der Waals surface area contributed by atoms with Crippen molar-refractivity contribution in [1.82, 2.24) is 5.32 Å². The number of nitrogens with two attached hydrogens (primary N) is 1. The molecule has 2 heterocycles. The zero-order chi connectivity index (χ0) is 12.4. The third-order valence-corrected chi connectivity index (χ3v) is 4.32. The minimum absolute atomic E-state index is 0.846. The predicted molar refractivity (Wildman–Crippen MR) is 77.0 cm³/mol. The Balaban J connectivity index is 1.76. The summed E-state index contributed by atoms with van der Waals surface area (Å²) in [5, 5.41) is 3.44. The zero-order valence-electron chi connectivity index (χ0n) is 11.0. The number of piperidine rings is 1. The Morgan fingerprint density at radius 3 is 2.94 bits per heavy atom. The Labute approximate surface area is 109 Å². The summed E-state index contributed by atoms with van der Waals surface area (Å²) < 4.78 is 0. The molecule has 0 saturated carbocycles. The fourth-order valence-corrected chi connectivity index (χ4v) is 3.29. The molecule has 0 spiro atoms. The van der Waals surface area contributed by atoms with Crippen LogP contribution >= 0.6 is 0 Å². The van der Waals surface area contributed by atoms with E-state index >= 15 is 0 Å². The highest BCUT2D eigenvalue weighted by molar-refractivity contribution is 5.66. The van der Waals surface area contributed by atoms with Crippen molar-refractivity contribution in [1.29, 1.82) is 0 Å². The van der Waals surface area contributed by atoms with Gasteiger partial charge in [-0.05, 0) is 62.4 Å². The number of nitrogens with zero attached hydrogens (tertiary/aromatic N) is 1. The van der Waals surface area contributed by atoms with Crippen molar-refractivity contribution in [2.45, 2.75) is 25.7 Å². The summed E-state index contributed by atoms with van der Waals surface area (Å²) in [5.74, 6) is 0.846. The summed E-state index contributed by atoms with van der Waals surface area (Å²) >= 11 is 0. The molecule has 18 heavy (non-hydrogen) atoms. The summed E-state index contributed by atoms with van der Waals surface area (Å²) in [6.07, 6.45) is 5.01. The van der Waals surface area contributed by atoms with E-state index in [4.69, 9.17) is 5.73 Å². The number of anilines is 2. The van der Waals surface area contributed by atoms with E-state index in [1.54, 1.807) is 0 Å². The number of rotatable bonds is 2. The molecule has 2 aliphatic heterocycles. The second-order valence-electron chi connectivity index (χ2n) is 5.59. The summed E-state index contributed by atoms with van der Waals surface area (Å²) in [4.78, 5) is 2.56. The monoisotopic (exact) mass is 245 g/mol. The highest BCUT2D eigenvalue weighted by Gasteiger charge is 2.22. The molecular weight excluding hydrogens is 222 g/mol. The fourth-order valence-electron chi connectivity index (χ4n) is 3.29. The first-order chi connectivity index (χ1) is 8.84. The SMILES string of the molecule is Nc1cccc2c1CCCN2CC1CCNCC1. The highest BCUT2D eigenvalue weighted by Crippen LogP contribution is 2.32. The third kappa shape index (κ3) is 2.32. The topological polar surface area (TPSA) is 41.3 Å². The van der Waals surface area contributed by atoms with Gasteiger partial charge in [0.25, 0.3) is 0 Å². The van der Waals surface area contributed by atoms with Gasteiger partial charge in [0.2, 0.25) is 0 Å². The molecule has 1 aromatic rings. The van der Waals surface area contributed by atoms with Gasteiger partial charge in [0.05, 0.1) is 0 Å². The van der Waals surface area contributed by atoms with E-state index in [-0.39, 0.29) is 0 Å². The molecule has 0 amide bonds. The van der Waals surface area contributed by atoms with E-state index in [0.717, 1.165) is 18.0 Å². The number of benzene rings is 1. The maximum atomic E-state index is 6.10. The standard InChI is InChI=1S/C15H23N3/c16-14-4-1-5-15-13(14)3-2-10-18(15)11-12-6-8-17-9-7-12/h1,4-5,12,17H,2-3,6-11,16H2. The maximum absolute atomic E-state index is 6.10. The minimum atomic E-state index is 0.846. The number of nitrogens with one attached hydrogen (secondary N) is 1. The molecule has 1 saturated heterocycles. The van der Waals surface area contributed by atoms with Crippen molar-refractivity contribution in [2.24, 2.45) is 5.92 Å². The van der Waals surface area contributed by atoms with Crippen LogP contribution < -0.4 is 16.0 Å². The first-order valence-corrected chi connectivity index (χ1v) is 7.17. The second kappa shape index (κ2) is 5.19. The molecule has 1 fully saturated rings. The summed E-state index contributed by atoms with van der Waals surface area (Å²) in [5.41, 5.74) is 9.84. The number of hydrogen-bond acceptors (Lipinski definition) is 3. The van der Waals surface area contributed by atoms with Gasteiger partial charge in [0, 0.05) is 24.5 Å². The number of nitrogen functional groups attached to an aromatic ring is 1. The van der Waals surface area contributed by atoms with Crippen molar-refractivity contribution < 1.29 is 0 Å². The lowest BCUT2D eigenvalue weighted by Gasteiger charge is -2.36. The van der Waals surface area contributed by atoms with Crippen LogP contribution in [0.1, 0.15) is 24.8 Å². The Hall–Kier alpha value is -1.22. The molecule has 3 nitrogen and oxygen atoms in total. The van der Waals surface area contributed by atoms with Crippen LogP contribution in [0.2, 0.25) is 0 Å². The van der Waals surface area contributed by atoms with Crippen LogP contribution in [0, 0.1) is 5.92 Å². The van der Waals surface area contributed by atoms with E-state index in [2.05, 4.69) is 22.3 Å². The van der Waals surface area contributed by atoms with Crippen LogP contribution in [0.15, 0.2) is 18.2 Å². The van der Waals surface area contributed by atoms with Crippen LogP contribution in [0.3, 0.4) is 0 Å². The first kappa shape index (κ1) is 11.8. The Morgan fingerprint density at radius 1 is 1.28 bits per heavy atom. The average Bonchev–Trinajstić information content (AvgIpc) is 2.41. The van der Waals surface area contributed by atoms with E-state index in [1.807, 2.05) is 6.07 Å². The van der Waals surface area contributed by atoms with Crippen LogP contribution in [0.4, 0.5) is 11.4 Å². The molecule has 98 valence electrons. The molecule has 0 aromatic heterocycles. The van der Waals surface area contributed by atoms with Crippen LogP contribution in [0.25, 0.3) is 0 Å².